The molecule has 134 valence electrons. The van der Waals surface area contributed by atoms with E-state index in [9.17, 15) is 4.79 Å². The lowest BCUT2D eigenvalue weighted by molar-refractivity contribution is -0.117. The van der Waals surface area contributed by atoms with Gasteiger partial charge in [-0.2, -0.15) is 0 Å². The van der Waals surface area contributed by atoms with Gasteiger partial charge in [0.1, 0.15) is 0 Å². The second-order valence-electron chi connectivity index (χ2n) is 5.21. The molecular formula is C18H20BrNO4S. The quantitative estimate of drug-likeness (QED) is 0.666. The van der Waals surface area contributed by atoms with E-state index < -0.39 is 0 Å². The molecular weight excluding hydrogens is 406 g/mol. The maximum atomic E-state index is 12.1. The molecule has 1 aromatic carbocycles. The van der Waals surface area contributed by atoms with E-state index >= 15 is 0 Å². The van der Waals surface area contributed by atoms with E-state index in [-0.39, 0.29) is 11.9 Å². The van der Waals surface area contributed by atoms with Crippen LogP contribution in [0.25, 0.3) is 6.08 Å². The summed E-state index contributed by atoms with van der Waals surface area (Å²) in [6.45, 7) is 1.90. The average Bonchev–Trinajstić information content (AvgIpc) is 3.03. The minimum Gasteiger partial charge on any atom is -0.493 e. The topological polar surface area (TPSA) is 56.8 Å². The third-order valence-corrected chi connectivity index (χ3v) is 5.08. The Morgan fingerprint density at radius 3 is 2.28 bits per heavy atom. The highest BCUT2D eigenvalue weighted by Gasteiger charge is 2.17. The molecule has 1 N–H and O–H groups in total. The zero-order valence-electron chi connectivity index (χ0n) is 14.5. The van der Waals surface area contributed by atoms with Gasteiger partial charge in [0.25, 0.3) is 0 Å². The van der Waals surface area contributed by atoms with Gasteiger partial charge in [-0.25, -0.2) is 0 Å². The number of halogens is 1. The Morgan fingerprint density at radius 1 is 1.16 bits per heavy atom. The van der Waals surface area contributed by atoms with E-state index in [2.05, 4.69) is 21.2 Å². The van der Waals surface area contributed by atoms with Crippen molar-refractivity contribution in [1.29, 1.82) is 0 Å². The van der Waals surface area contributed by atoms with Crippen LogP contribution in [0.3, 0.4) is 0 Å². The Balaban J connectivity index is 2.13. The lowest BCUT2D eigenvalue weighted by atomic mass is 10.1. The van der Waals surface area contributed by atoms with Crippen LogP contribution in [0, 0.1) is 0 Å². The fourth-order valence-electron chi connectivity index (χ4n) is 2.28. The molecule has 2 rings (SSSR count). The molecule has 0 aliphatic rings. The van der Waals surface area contributed by atoms with Crippen LogP contribution in [0.5, 0.6) is 17.2 Å². The number of methoxy groups -OCH3 is 3. The second kappa shape index (κ2) is 8.92. The number of carbonyl (C=O) groups is 1. The Labute approximate surface area is 159 Å². The molecule has 0 bridgehead atoms. The van der Waals surface area contributed by atoms with Gasteiger partial charge in [-0.15, -0.1) is 11.3 Å². The number of amides is 1. The first-order valence-electron chi connectivity index (χ1n) is 7.51. The number of nitrogens with one attached hydrogen (secondary N) is 1. The van der Waals surface area contributed by atoms with E-state index in [1.54, 1.807) is 38.7 Å². The molecule has 1 heterocycles. The highest BCUT2D eigenvalue weighted by Crippen LogP contribution is 2.39. The predicted molar refractivity (Wildman–Crippen MR) is 104 cm³/mol. The van der Waals surface area contributed by atoms with Crippen molar-refractivity contribution in [2.75, 3.05) is 21.3 Å². The molecule has 0 radical (unpaired) electrons. The molecule has 1 atom stereocenters. The molecule has 1 amide bonds. The minimum absolute atomic E-state index is 0.177. The Bertz CT molecular complexity index is 747. The summed E-state index contributed by atoms with van der Waals surface area (Å²) in [5, 5.41) is 4.90. The van der Waals surface area contributed by atoms with E-state index in [4.69, 9.17) is 14.2 Å². The number of carbonyl (C=O) groups excluding carboxylic acids is 1. The zero-order chi connectivity index (χ0) is 18.4. The standard InChI is InChI=1S/C18H20BrNO4S/c1-11(20-17(21)6-5-12-7-16(19)25-10-12)13-8-14(22-2)18(24-4)15(9-13)23-3/h5-11H,1-4H3,(H,20,21). The minimum atomic E-state index is -0.222. The first-order valence-corrected chi connectivity index (χ1v) is 9.18. The summed E-state index contributed by atoms with van der Waals surface area (Å²) >= 11 is 4.97. The van der Waals surface area contributed by atoms with Crippen molar-refractivity contribution >= 4 is 39.2 Å². The third kappa shape index (κ3) is 4.99. The Hall–Kier alpha value is -1.99. The van der Waals surface area contributed by atoms with Gasteiger partial charge in [0.2, 0.25) is 11.7 Å². The average molecular weight is 426 g/mol. The highest BCUT2D eigenvalue weighted by atomic mass is 79.9. The molecule has 5 nitrogen and oxygen atoms in total. The van der Waals surface area contributed by atoms with E-state index in [1.165, 1.54) is 6.08 Å². The van der Waals surface area contributed by atoms with Crippen LogP contribution in [0.1, 0.15) is 24.1 Å². The third-order valence-electron chi connectivity index (χ3n) is 3.56. The first-order chi connectivity index (χ1) is 12.0. The van der Waals surface area contributed by atoms with Crippen LogP contribution in [-0.4, -0.2) is 27.2 Å². The van der Waals surface area contributed by atoms with Crippen molar-refractivity contribution in [3.8, 4) is 17.2 Å². The zero-order valence-corrected chi connectivity index (χ0v) is 16.9. The maximum Gasteiger partial charge on any atom is 0.244 e. The summed E-state index contributed by atoms with van der Waals surface area (Å²) in [6.07, 6.45) is 3.29. The Morgan fingerprint density at radius 2 is 1.80 bits per heavy atom. The number of hydrogen-bond donors (Lipinski definition) is 1. The van der Waals surface area contributed by atoms with E-state index in [0.717, 1.165) is 14.9 Å². The maximum absolute atomic E-state index is 12.1. The summed E-state index contributed by atoms with van der Waals surface area (Å²) in [5.74, 6) is 1.45. The molecule has 0 spiro atoms. The first kappa shape index (κ1) is 19.3. The van der Waals surface area contributed by atoms with Gasteiger partial charge in [-0.3, -0.25) is 4.79 Å². The number of rotatable bonds is 7. The summed E-state index contributed by atoms with van der Waals surface area (Å²) in [5.41, 5.74) is 1.84. The number of benzene rings is 1. The molecule has 0 aliphatic carbocycles. The molecule has 1 unspecified atom stereocenters. The lowest BCUT2D eigenvalue weighted by Gasteiger charge is -2.18. The molecule has 0 saturated heterocycles. The van der Waals surface area contributed by atoms with Crippen molar-refractivity contribution in [1.82, 2.24) is 5.32 Å². The summed E-state index contributed by atoms with van der Waals surface area (Å²) in [7, 11) is 4.68. The SMILES string of the molecule is COc1cc(C(C)NC(=O)C=Cc2csc(Br)c2)cc(OC)c1OC. The van der Waals surface area contributed by atoms with Crippen molar-refractivity contribution in [3.63, 3.8) is 0 Å². The monoisotopic (exact) mass is 425 g/mol. The van der Waals surface area contributed by atoms with Crippen LogP contribution in [-0.2, 0) is 4.79 Å². The van der Waals surface area contributed by atoms with E-state index in [0.29, 0.717) is 17.2 Å². The molecule has 1 aromatic heterocycles. The second-order valence-corrected chi connectivity index (χ2v) is 7.50. The largest absolute Gasteiger partial charge is 0.493 e. The normalized spacial score (nSPS) is 12.0. The van der Waals surface area contributed by atoms with E-state index in [1.807, 2.05) is 30.5 Å². The van der Waals surface area contributed by atoms with Gasteiger partial charge >= 0.3 is 0 Å². The van der Waals surface area contributed by atoms with Gasteiger partial charge in [0.05, 0.1) is 31.2 Å². The van der Waals surface area contributed by atoms with Gasteiger partial charge < -0.3 is 19.5 Å². The van der Waals surface area contributed by atoms with Crippen LogP contribution >= 0.6 is 27.3 Å². The summed E-state index contributed by atoms with van der Waals surface area (Å²) < 4.78 is 17.0. The van der Waals surface area contributed by atoms with Crippen LogP contribution in [0.15, 0.2) is 33.4 Å². The fourth-order valence-corrected chi connectivity index (χ4v) is 3.42. The molecule has 2 aromatic rings. The highest BCUT2D eigenvalue weighted by molar-refractivity contribution is 9.11. The van der Waals surface area contributed by atoms with Crippen molar-refractivity contribution in [2.24, 2.45) is 0 Å². The lowest BCUT2D eigenvalue weighted by Crippen LogP contribution is -2.24. The van der Waals surface area contributed by atoms with Gasteiger partial charge in [0, 0.05) is 6.08 Å². The molecule has 0 aliphatic heterocycles. The number of hydrogen-bond acceptors (Lipinski definition) is 5. The number of ether oxygens (including phenoxy) is 3. The van der Waals surface area contributed by atoms with Gasteiger partial charge in [0.15, 0.2) is 11.5 Å². The van der Waals surface area contributed by atoms with Crippen LogP contribution < -0.4 is 19.5 Å². The predicted octanol–water partition coefficient (Wildman–Crippen LogP) is 4.43. The molecule has 0 fully saturated rings. The molecule has 0 saturated carbocycles. The van der Waals surface area contributed by atoms with Gasteiger partial charge in [-0.05, 0) is 63.6 Å². The molecule has 7 heteroatoms. The van der Waals surface area contributed by atoms with Crippen LogP contribution in [0.4, 0.5) is 0 Å². The van der Waals surface area contributed by atoms with Crippen molar-refractivity contribution in [2.45, 2.75) is 13.0 Å². The molecule has 25 heavy (non-hydrogen) atoms. The summed E-state index contributed by atoms with van der Waals surface area (Å²) in [6, 6.07) is 5.38. The van der Waals surface area contributed by atoms with Gasteiger partial charge in [-0.1, -0.05) is 0 Å². The smallest absolute Gasteiger partial charge is 0.244 e. The van der Waals surface area contributed by atoms with Crippen molar-refractivity contribution in [3.05, 3.63) is 44.6 Å². The number of thiophene rings is 1. The fraction of sp³-hybridized carbons (Fsp3) is 0.278. The van der Waals surface area contributed by atoms with Crippen LogP contribution in [0.2, 0.25) is 0 Å². The van der Waals surface area contributed by atoms with Crippen molar-refractivity contribution < 1.29 is 19.0 Å². The Kier molecular flexibility index (Phi) is 6.90. The summed E-state index contributed by atoms with van der Waals surface area (Å²) in [4.78, 5) is 12.1.